The van der Waals surface area contributed by atoms with Gasteiger partial charge in [-0.15, -0.1) is 0 Å². The average molecular weight is 479 g/mol. The molecule has 4 aromatic carbocycles. The summed E-state index contributed by atoms with van der Waals surface area (Å²) in [6.07, 6.45) is 10.5. The molecule has 0 N–H and O–H groups in total. The van der Waals surface area contributed by atoms with Crippen LogP contribution in [0.2, 0.25) is 0 Å². The molecule has 0 unspecified atom stereocenters. The van der Waals surface area contributed by atoms with Gasteiger partial charge in [-0.3, -0.25) is 0 Å². The first kappa shape index (κ1) is 23.7. The van der Waals surface area contributed by atoms with Crippen LogP contribution >= 0.6 is 0 Å². The second-order valence-corrected chi connectivity index (χ2v) is 8.95. The molecule has 1 aliphatic heterocycles. The van der Waals surface area contributed by atoms with Crippen molar-refractivity contribution in [2.24, 2.45) is 0 Å². The second-order valence-electron chi connectivity index (χ2n) is 8.95. The Labute approximate surface area is 211 Å². The lowest BCUT2D eigenvalue weighted by atomic mass is 9.91. The molecule has 0 saturated carbocycles. The predicted molar refractivity (Wildman–Crippen MR) is 147 cm³/mol. The van der Waals surface area contributed by atoms with Gasteiger partial charge in [0, 0.05) is 17.2 Å². The number of rotatable bonds is 7. The number of unbranched alkanes of at least 4 members (excludes halogenated alkanes) is 2. The van der Waals surface area contributed by atoms with E-state index in [1.165, 1.54) is 6.08 Å². The number of ether oxygens (including phenoxy) is 3. The van der Waals surface area contributed by atoms with Gasteiger partial charge in [0.1, 0.15) is 11.5 Å². The number of allylic oxidation sites excluding steroid dienone is 1. The lowest BCUT2D eigenvalue weighted by molar-refractivity contribution is -0.137. The molecule has 0 fully saturated rings. The molecular weight excluding hydrogens is 448 g/mol. The normalized spacial score (nSPS) is 12.8. The van der Waals surface area contributed by atoms with Gasteiger partial charge in [0.25, 0.3) is 0 Å². The van der Waals surface area contributed by atoms with Crippen LogP contribution in [0.4, 0.5) is 0 Å². The maximum atomic E-state index is 12.1. The Morgan fingerprint density at radius 3 is 2.03 bits per heavy atom. The van der Waals surface area contributed by atoms with Gasteiger partial charge in [-0.05, 0) is 76.4 Å². The van der Waals surface area contributed by atoms with Crippen molar-refractivity contribution in [3.63, 3.8) is 0 Å². The van der Waals surface area contributed by atoms with E-state index in [-0.39, 0.29) is 12.8 Å². The van der Waals surface area contributed by atoms with E-state index in [9.17, 15) is 4.79 Å². The number of esters is 1. The summed E-state index contributed by atoms with van der Waals surface area (Å²) in [5, 5.41) is 4.40. The van der Waals surface area contributed by atoms with Gasteiger partial charge in [-0.2, -0.15) is 0 Å². The summed E-state index contributed by atoms with van der Waals surface area (Å²) < 4.78 is 17.3. The largest absolute Gasteiger partial charge is 0.463 e. The molecule has 0 amide bonds. The molecular formula is C32H30O4. The molecule has 0 bridgehead atoms. The highest BCUT2D eigenvalue weighted by Gasteiger charge is 2.22. The van der Waals surface area contributed by atoms with Crippen LogP contribution in [0.25, 0.3) is 44.8 Å². The van der Waals surface area contributed by atoms with Crippen LogP contribution in [0.3, 0.4) is 0 Å². The molecule has 0 spiro atoms. The van der Waals surface area contributed by atoms with Crippen LogP contribution < -0.4 is 9.47 Å². The summed E-state index contributed by atoms with van der Waals surface area (Å²) in [6, 6.07) is 20.8. The molecule has 0 atom stereocenters. The molecule has 36 heavy (non-hydrogen) atoms. The summed E-state index contributed by atoms with van der Waals surface area (Å²) in [6.45, 7) is 4.78. The van der Waals surface area contributed by atoms with E-state index < -0.39 is 0 Å². The van der Waals surface area contributed by atoms with Crippen molar-refractivity contribution in [2.45, 2.75) is 33.1 Å². The summed E-state index contributed by atoms with van der Waals surface area (Å²) in [5.74, 6) is 1.30. The predicted octanol–water partition coefficient (Wildman–Crippen LogP) is 8.17. The maximum absolute atomic E-state index is 12.1. The molecule has 0 saturated heterocycles. The van der Waals surface area contributed by atoms with E-state index in [4.69, 9.17) is 14.2 Å². The lowest BCUT2D eigenvalue weighted by Gasteiger charge is -2.14. The Morgan fingerprint density at radius 2 is 1.44 bits per heavy atom. The molecule has 4 aromatic rings. The fourth-order valence-electron chi connectivity index (χ4n) is 4.71. The van der Waals surface area contributed by atoms with Crippen molar-refractivity contribution in [1.82, 2.24) is 0 Å². The Bertz CT molecular complexity index is 1480. The van der Waals surface area contributed by atoms with Crippen molar-refractivity contribution >= 4 is 39.7 Å². The molecule has 182 valence electrons. The molecule has 5 rings (SSSR count). The number of benzene rings is 4. The van der Waals surface area contributed by atoms with Gasteiger partial charge in [-0.1, -0.05) is 68.3 Å². The Balaban J connectivity index is 1.55. The SMILES string of the molecule is C/C=C/c1ccc2c3c(ccc2c1)OCOc1ccc2cc(/C=C/C(=O)OCCCCC)ccc2c1-3. The van der Waals surface area contributed by atoms with Gasteiger partial charge >= 0.3 is 5.97 Å². The summed E-state index contributed by atoms with van der Waals surface area (Å²) in [4.78, 5) is 12.1. The zero-order chi connectivity index (χ0) is 24.9. The van der Waals surface area contributed by atoms with E-state index in [2.05, 4.69) is 55.5 Å². The van der Waals surface area contributed by atoms with Crippen LogP contribution in [0, 0.1) is 0 Å². The van der Waals surface area contributed by atoms with E-state index in [1.807, 2.05) is 31.2 Å². The molecule has 1 heterocycles. The third-order valence-corrected chi connectivity index (χ3v) is 6.45. The number of hydrogen-bond donors (Lipinski definition) is 0. The van der Waals surface area contributed by atoms with Crippen molar-refractivity contribution in [3.05, 3.63) is 83.9 Å². The van der Waals surface area contributed by atoms with Gasteiger partial charge in [0.2, 0.25) is 6.79 Å². The van der Waals surface area contributed by atoms with E-state index in [0.717, 1.165) is 74.6 Å². The zero-order valence-electron chi connectivity index (χ0n) is 20.8. The monoisotopic (exact) mass is 478 g/mol. The van der Waals surface area contributed by atoms with Gasteiger partial charge in [0.15, 0.2) is 0 Å². The number of carbonyl (C=O) groups is 1. The van der Waals surface area contributed by atoms with Gasteiger partial charge < -0.3 is 14.2 Å². The van der Waals surface area contributed by atoms with Crippen LogP contribution in [0.1, 0.15) is 44.2 Å². The first-order chi connectivity index (χ1) is 17.7. The molecule has 1 aliphatic rings. The Hall–Kier alpha value is -4.05. The molecule has 0 radical (unpaired) electrons. The fraction of sp³-hybridized carbons (Fsp3) is 0.219. The van der Waals surface area contributed by atoms with E-state index >= 15 is 0 Å². The Kier molecular flexibility index (Phi) is 7.03. The van der Waals surface area contributed by atoms with Crippen LogP contribution in [0.15, 0.2) is 72.8 Å². The minimum Gasteiger partial charge on any atom is -0.463 e. The number of hydrogen-bond acceptors (Lipinski definition) is 4. The quantitative estimate of drug-likeness (QED) is 0.153. The van der Waals surface area contributed by atoms with Crippen molar-refractivity contribution < 1.29 is 19.0 Å². The zero-order valence-corrected chi connectivity index (χ0v) is 20.8. The minimum absolute atomic E-state index is 0.162. The second kappa shape index (κ2) is 10.7. The van der Waals surface area contributed by atoms with Crippen LogP contribution in [0.5, 0.6) is 11.5 Å². The number of fused-ring (bicyclic) bond motifs is 7. The van der Waals surface area contributed by atoms with E-state index in [1.54, 1.807) is 6.08 Å². The molecule has 4 heteroatoms. The summed E-state index contributed by atoms with van der Waals surface area (Å²) in [5.41, 5.74) is 4.16. The fourth-order valence-corrected chi connectivity index (χ4v) is 4.71. The molecule has 0 aliphatic carbocycles. The van der Waals surface area contributed by atoms with E-state index in [0.29, 0.717) is 6.61 Å². The first-order valence-electron chi connectivity index (χ1n) is 12.5. The van der Waals surface area contributed by atoms with Gasteiger partial charge in [-0.25, -0.2) is 4.79 Å². The first-order valence-corrected chi connectivity index (χ1v) is 12.5. The van der Waals surface area contributed by atoms with Gasteiger partial charge in [0.05, 0.1) is 6.61 Å². The van der Waals surface area contributed by atoms with Crippen molar-refractivity contribution in [2.75, 3.05) is 13.4 Å². The van der Waals surface area contributed by atoms with Crippen LogP contribution in [-0.4, -0.2) is 19.4 Å². The molecule has 0 aromatic heterocycles. The topological polar surface area (TPSA) is 44.8 Å². The summed E-state index contributed by atoms with van der Waals surface area (Å²) in [7, 11) is 0. The van der Waals surface area contributed by atoms with Crippen molar-refractivity contribution in [3.8, 4) is 22.6 Å². The highest BCUT2D eigenvalue weighted by atomic mass is 16.7. The lowest BCUT2D eigenvalue weighted by Crippen LogP contribution is -2.03. The third kappa shape index (κ3) is 4.85. The number of carbonyl (C=O) groups excluding carboxylic acids is 1. The highest BCUT2D eigenvalue weighted by molar-refractivity contribution is 6.10. The molecule has 4 nitrogen and oxygen atoms in total. The Morgan fingerprint density at radius 1 is 0.833 bits per heavy atom. The third-order valence-electron chi connectivity index (χ3n) is 6.45. The standard InChI is InChI=1S/C32H30O4/c1-3-5-6-18-34-30(33)17-10-23-9-14-27-25(20-23)12-16-29-32(27)31-26-13-8-22(7-4-2)19-24(26)11-15-28(31)35-21-36-29/h4,7-17,19-20H,3,5-6,18,21H2,1-2H3/b7-4+,17-10+. The van der Waals surface area contributed by atoms with Crippen molar-refractivity contribution in [1.29, 1.82) is 0 Å². The maximum Gasteiger partial charge on any atom is 0.330 e. The summed E-state index contributed by atoms with van der Waals surface area (Å²) >= 11 is 0. The smallest absolute Gasteiger partial charge is 0.330 e. The highest BCUT2D eigenvalue weighted by Crippen LogP contribution is 2.47. The van der Waals surface area contributed by atoms with Crippen LogP contribution in [-0.2, 0) is 9.53 Å². The average Bonchev–Trinajstić information content (AvgIpc) is 3.09. The minimum atomic E-state index is -0.309.